The lowest BCUT2D eigenvalue weighted by atomic mass is 10.1. The first kappa shape index (κ1) is 20.9. The number of nitrogens with zero attached hydrogens (tertiary/aromatic N) is 3. The quantitative estimate of drug-likeness (QED) is 0.388. The predicted octanol–water partition coefficient (Wildman–Crippen LogP) is 3.34. The average molecular weight is 493 g/mol. The number of benzene rings is 1. The van der Waals surface area contributed by atoms with Gasteiger partial charge in [0, 0.05) is 25.0 Å². The van der Waals surface area contributed by atoms with Crippen molar-refractivity contribution in [3.05, 3.63) is 53.2 Å². The summed E-state index contributed by atoms with van der Waals surface area (Å²) in [5.74, 6) is 1.42. The van der Waals surface area contributed by atoms with Crippen LogP contribution in [-0.2, 0) is 24.1 Å². The normalized spacial score (nSPS) is 19.1. The van der Waals surface area contributed by atoms with E-state index in [9.17, 15) is 0 Å². The summed E-state index contributed by atoms with van der Waals surface area (Å²) in [5, 5.41) is 3.20. The highest BCUT2D eigenvalue weighted by Crippen LogP contribution is 2.24. The summed E-state index contributed by atoms with van der Waals surface area (Å²) < 4.78 is 5.58. The van der Waals surface area contributed by atoms with Gasteiger partial charge in [0.05, 0.1) is 19.3 Å². The van der Waals surface area contributed by atoms with Crippen LogP contribution in [0.2, 0.25) is 0 Å². The van der Waals surface area contributed by atoms with E-state index in [2.05, 4.69) is 51.4 Å². The van der Waals surface area contributed by atoms with Crippen molar-refractivity contribution in [2.45, 2.75) is 38.8 Å². The number of aromatic nitrogens is 1. The highest BCUT2D eigenvalue weighted by molar-refractivity contribution is 14.0. The molecule has 28 heavy (non-hydrogen) atoms. The average Bonchev–Trinajstić information content (AvgIpc) is 3.15. The Bertz CT molecular complexity index is 824. The molecule has 150 valence electrons. The molecule has 2 aliphatic rings. The molecule has 2 heterocycles. The van der Waals surface area contributed by atoms with Crippen LogP contribution in [0.4, 0.5) is 11.5 Å². The molecule has 1 aromatic carbocycles. The summed E-state index contributed by atoms with van der Waals surface area (Å²) in [6.45, 7) is 5.11. The van der Waals surface area contributed by atoms with Crippen LogP contribution in [0.25, 0.3) is 0 Å². The molecule has 6 nitrogen and oxygen atoms in total. The van der Waals surface area contributed by atoms with Gasteiger partial charge < -0.3 is 20.7 Å². The van der Waals surface area contributed by atoms with Crippen molar-refractivity contribution < 1.29 is 4.74 Å². The second kappa shape index (κ2) is 9.56. The number of rotatable bonds is 4. The van der Waals surface area contributed by atoms with E-state index in [1.165, 1.54) is 24.0 Å². The number of ether oxygens (including phenoxy) is 1. The second-order valence-corrected chi connectivity index (χ2v) is 7.32. The molecule has 1 aliphatic carbocycles. The van der Waals surface area contributed by atoms with Crippen molar-refractivity contribution in [2.75, 3.05) is 29.9 Å². The number of anilines is 2. The third kappa shape index (κ3) is 5.14. The first-order chi connectivity index (χ1) is 13.2. The molecule has 0 saturated carbocycles. The number of nitrogens with one attached hydrogen (secondary N) is 1. The van der Waals surface area contributed by atoms with Crippen LogP contribution in [0.3, 0.4) is 0 Å². The number of aliphatic imine (C=N–C) groups is 1. The van der Waals surface area contributed by atoms with E-state index < -0.39 is 0 Å². The molecule has 1 saturated heterocycles. The largest absolute Gasteiger partial charge is 0.375 e. The molecular formula is C21H28IN5O. The van der Waals surface area contributed by atoms with Gasteiger partial charge in [-0.25, -0.2) is 9.98 Å². The molecule has 1 atom stereocenters. The fraction of sp³-hybridized carbons (Fsp3) is 0.429. The van der Waals surface area contributed by atoms with E-state index in [4.69, 9.17) is 10.5 Å². The minimum atomic E-state index is 0. The van der Waals surface area contributed by atoms with Gasteiger partial charge in [0.15, 0.2) is 5.96 Å². The highest BCUT2D eigenvalue weighted by atomic mass is 127. The maximum atomic E-state index is 6.06. The zero-order valence-electron chi connectivity index (χ0n) is 16.2. The standard InChI is InChI=1S/C21H27N5O.HI/c1-15-14-26(9-10-27-15)20-8-5-16(12-23-20)13-24-21(22)25-19-7-6-17-3-2-4-18(17)11-19;/h5-8,11-12,15H,2-4,9-10,13-14H2,1H3,(H3,22,24,25);1H. The number of fused-ring (bicyclic) bond motifs is 1. The van der Waals surface area contributed by atoms with Crippen LogP contribution < -0.4 is 16.0 Å². The molecule has 0 spiro atoms. The smallest absolute Gasteiger partial charge is 0.193 e. The fourth-order valence-corrected chi connectivity index (χ4v) is 3.74. The van der Waals surface area contributed by atoms with Gasteiger partial charge in [-0.15, -0.1) is 24.0 Å². The SMILES string of the molecule is CC1CN(c2ccc(CN=C(N)Nc3ccc4c(c3)CCC4)cn2)CCO1.I. The first-order valence-corrected chi connectivity index (χ1v) is 9.67. The molecule has 0 bridgehead atoms. The third-order valence-electron chi connectivity index (χ3n) is 5.18. The number of pyridine rings is 1. The van der Waals surface area contributed by atoms with Gasteiger partial charge in [0.1, 0.15) is 5.82 Å². The Hall–Kier alpha value is -1.87. The maximum absolute atomic E-state index is 6.06. The monoisotopic (exact) mass is 493 g/mol. The van der Waals surface area contributed by atoms with E-state index in [1.807, 2.05) is 12.3 Å². The topological polar surface area (TPSA) is 75.8 Å². The number of nitrogens with two attached hydrogens (primary N) is 1. The first-order valence-electron chi connectivity index (χ1n) is 9.67. The Morgan fingerprint density at radius 3 is 2.93 bits per heavy atom. The van der Waals surface area contributed by atoms with E-state index in [0.29, 0.717) is 12.5 Å². The van der Waals surface area contributed by atoms with Gasteiger partial charge >= 0.3 is 0 Å². The number of hydrogen-bond donors (Lipinski definition) is 2. The number of halogens is 1. The zero-order chi connectivity index (χ0) is 18.6. The molecule has 4 rings (SSSR count). The van der Waals surface area contributed by atoms with Gasteiger partial charge in [-0.2, -0.15) is 0 Å². The van der Waals surface area contributed by atoms with Gasteiger partial charge in [-0.1, -0.05) is 12.1 Å². The molecule has 2 aromatic rings. The molecule has 7 heteroatoms. The molecule has 1 aromatic heterocycles. The van der Waals surface area contributed by atoms with Crippen LogP contribution in [0.15, 0.2) is 41.5 Å². The summed E-state index contributed by atoms with van der Waals surface area (Å²) in [6, 6.07) is 10.6. The lowest BCUT2D eigenvalue weighted by molar-refractivity contribution is 0.0529. The van der Waals surface area contributed by atoms with E-state index >= 15 is 0 Å². The van der Waals surface area contributed by atoms with Crippen molar-refractivity contribution in [3.8, 4) is 0 Å². The fourth-order valence-electron chi connectivity index (χ4n) is 3.74. The summed E-state index contributed by atoms with van der Waals surface area (Å²) in [4.78, 5) is 11.3. The van der Waals surface area contributed by atoms with Gasteiger partial charge in [0.2, 0.25) is 0 Å². The number of hydrogen-bond acceptors (Lipinski definition) is 4. The van der Waals surface area contributed by atoms with Crippen LogP contribution in [-0.4, -0.2) is 36.7 Å². The Labute approximate surface area is 183 Å². The molecule has 1 unspecified atom stereocenters. The Morgan fingerprint density at radius 2 is 2.14 bits per heavy atom. The minimum absolute atomic E-state index is 0. The predicted molar refractivity (Wildman–Crippen MR) is 125 cm³/mol. The summed E-state index contributed by atoms with van der Waals surface area (Å²) in [5.41, 5.74) is 11.0. The Balaban J connectivity index is 0.00000225. The van der Waals surface area contributed by atoms with E-state index in [1.54, 1.807) is 0 Å². The van der Waals surface area contributed by atoms with Gasteiger partial charge in [0.25, 0.3) is 0 Å². The molecule has 0 radical (unpaired) electrons. The number of aryl methyl sites for hydroxylation is 2. The lowest BCUT2D eigenvalue weighted by Crippen LogP contribution is -2.41. The van der Waals surface area contributed by atoms with Crippen LogP contribution in [0, 0.1) is 0 Å². The van der Waals surface area contributed by atoms with E-state index in [-0.39, 0.29) is 30.1 Å². The van der Waals surface area contributed by atoms with Crippen LogP contribution in [0.5, 0.6) is 0 Å². The van der Waals surface area contributed by atoms with Crippen LogP contribution in [0.1, 0.15) is 30.0 Å². The number of guanidine groups is 1. The molecular weight excluding hydrogens is 465 g/mol. The maximum Gasteiger partial charge on any atom is 0.193 e. The minimum Gasteiger partial charge on any atom is -0.375 e. The third-order valence-corrected chi connectivity index (χ3v) is 5.18. The van der Waals surface area contributed by atoms with Crippen molar-refractivity contribution in [1.29, 1.82) is 0 Å². The van der Waals surface area contributed by atoms with Crippen molar-refractivity contribution in [3.63, 3.8) is 0 Å². The molecule has 1 aliphatic heterocycles. The Morgan fingerprint density at radius 1 is 1.29 bits per heavy atom. The summed E-state index contributed by atoms with van der Waals surface area (Å²) >= 11 is 0. The highest BCUT2D eigenvalue weighted by Gasteiger charge is 2.17. The zero-order valence-corrected chi connectivity index (χ0v) is 18.6. The van der Waals surface area contributed by atoms with Crippen LogP contribution >= 0.6 is 24.0 Å². The van der Waals surface area contributed by atoms with Gasteiger partial charge in [-0.3, -0.25) is 0 Å². The second-order valence-electron chi connectivity index (χ2n) is 7.32. The van der Waals surface area contributed by atoms with Gasteiger partial charge in [-0.05, 0) is 61.1 Å². The van der Waals surface area contributed by atoms with E-state index in [0.717, 1.165) is 43.2 Å². The molecule has 3 N–H and O–H groups in total. The van der Waals surface area contributed by atoms with Crippen molar-refractivity contribution in [2.24, 2.45) is 10.7 Å². The lowest BCUT2D eigenvalue weighted by Gasteiger charge is -2.32. The summed E-state index contributed by atoms with van der Waals surface area (Å²) in [6.07, 6.45) is 5.71. The van der Waals surface area contributed by atoms with Crippen molar-refractivity contribution >= 4 is 41.4 Å². The summed E-state index contributed by atoms with van der Waals surface area (Å²) in [7, 11) is 0. The number of morpholine rings is 1. The molecule has 1 fully saturated rings. The molecule has 0 amide bonds. The van der Waals surface area contributed by atoms with Crippen molar-refractivity contribution in [1.82, 2.24) is 4.98 Å². The Kier molecular flexibility index (Phi) is 7.12.